The largest absolute Gasteiger partial charge is 0.363 e. The van der Waals surface area contributed by atoms with Crippen molar-refractivity contribution in [1.82, 2.24) is 15.2 Å². The highest BCUT2D eigenvalue weighted by Gasteiger charge is 2.36. The molecule has 6 heteroatoms. The number of nitrogens with zero attached hydrogens (tertiary/aromatic N) is 3. The topological polar surface area (TPSA) is 62.2 Å². The summed E-state index contributed by atoms with van der Waals surface area (Å²) in [6.07, 6.45) is 2.55. The predicted molar refractivity (Wildman–Crippen MR) is 121 cm³/mol. The van der Waals surface area contributed by atoms with Gasteiger partial charge >= 0.3 is 0 Å². The van der Waals surface area contributed by atoms with Crippen molar-refractivity contribution >= 4 is 17.4 Å². The van der Waals surface area contributed by atoms with Crippen LogP contribution in [0.2, 0.25) is 0 Å². The Morgan fingerprint density at radius 3 is 2.57 bits per heavy atom. The smallest absolute Gasteiger partial charge is 0.275 e. The Labute approximate surface area is 177 Å². The first kappa shape index (κ1) is 20.0. The van der Waals surface area contributed by atoms with Gasteiger partial charge in [0, 0.05) is 6.54 Å². The molecule has 1 atom stereocenters. The highest BCUT2D eigenvalue weighted by atomic mass is 16.2. The predicted octanol–water partition coefficient (Wildman–Crippen LogP) is 4.65. The van der Waals surface area contributed by atoms with E-state index in [0.29, 0.717) is 12.1 Å². The summed E-state index contributed by atoms with van der Waals surface area (Å²) < 4.78 is 1.93. The molecule has 4 rings (SSSR count). The van der Waals surface area contributed by atoms with Crippen LogP contribution >= 0.6 is 0 Å². The number of carbonyl (C=O) groups is 1. The lowest BCUT2D eigenvalue weighted by molar-refractivity contribution is 0.0949. The highest BCUT2D eigenvalue weighted by Crippen LogP contribution is 2.39. The standard InChI is InChI=1S/C24H29N5O/c1-5-28(19-13-11-17(2)12-14-19)27-23(30)20-16-25-29-22(20)26-21(15-24(29,3)4)18-9-7-6-8-10-18/h6-14,16,21,26H,5,15H2,1-4H3,(H,27,30). The highest BCUT2D eigenvalue weighted by molar-refractivity contribution is 5.99. The quantitative estimate of drug-likeness (QED) is 0.609. The van der Waals surface area contributed by atoms with E-state index in [1.165, 1.54) is 11.1 Å². The fraction of sp³-hybridized carbons (Fsp3) is 0.333. The number of fused-ring (bicyclic) bond motifs is 1. The first-order valence-electron chi connectivity index (χ1n) is 10.4. The molecule has 0 fully saturated rings. The molecule has 0 saturated carbocycles. The molecule has 30 heavy (non-hydrogen) atoms. The monoisotopic (exact) mass is 403 g/mol. The van der Waals surface area contributed by atoms with Crippen molar-refractivity contribution in [2.75, 3.05) is 16.9 Å². The molecule has 2 aromatic carbocycles. The number of benzene rings is 2. The van der Waals surface area contributed by atoms with Crippen LogP contribution in [0.1, 0.15) is 54.7 Å². The second-order valence-corrected chi connectivity index (χ2v) is 8.46. The van der Waals surface area contributed by atoms with Crippen LogP contribution in [0.4, 0.5) is 11.5 Å². The summed E-state index contributed by atoms with van der Waals surface area (Å²) in [6, 6.07) is 18.6. The third kappa shape index (κ3) is 3.77. The van der Waals surface area contributed by atoms with Crippen molar-refractivity contribution in [1.29, 1.82) is 0 Å². The SMILES string of the molecule is CCN(NC(=O)c1cnn2c1NC(c1ccccc1)CC2(C)C)c1ccc(C)cc1. The Hall–Kier alpha value is -3.28. The van der Waals surface area contributed by atoms with Crippen LogP contribution in [0.3, 0.4) is 0 Å². The van der Waals surface area contributed by atoms with E-state index in [0.717, 1.165) is 17.9 Å². The van der Waals surface area contributed by atoms with Gasteiger partial charge < -0.3 is 5.32 Å². The van der Waals surface area contributed by atoms with E-state index in [9.17, 15) is 4.79 Å². The maximum Gasteiger partial charge on any atom is 0.275 e. The second kappa shape index (κ2) is 7.86. The number of rotatable bonds is 5. The zero-order valence-corrected chi connectivity index (χ0v) is 18.0. The van der Waals surface area contributed by atoms with E-state index in [1.54, 1.807) is 6.20 Å². The lowest BCUT2D eigenvalue weighted by Gasteiger charge is -2.38. The molecule has 6 nitrogen and oxygen atoms in total. The summed E-state index contributed by atoms with van der Waals surface area (Å²) in [5.74, 6) is 0.591. The molecule has 1 amide bonds. The minimum atomic E-state index is -0.207. The van der Waals surface area contributed by atoms with Crippen LogP contribution in [0.5, 0.6) is 0 Å². The molecule has 1 aliphatic heterocycles. The molecular formula is C24H29N5O. The molecule has 3 aromatic rings. The van der Waals surface area contributed by atoms with Crippen LogP contribution < -0.4 is 15.8 Å². The Kier molecular flexibility index (Phi) is 5.24. The Balaban J connectivity index is 1.61. The molecule has 156 valence electrons. The summed E-state index contributed by atoms with van der Waals surface area (Å²) >= 11 is 0. The summed E-state index contributed by atoms with van der Waals surface area (Å²) in [5, 5.41) is 9.96. The first-order valence-corrected chi connectivity index (χ1v) is 10.4. The number of aromatic nitrogens is 2. The number of carbonyl (C=O) groups excluding carboxylic acids is 1. The Morgan fingerprint density at radius 1 is 1.20 bits per heavy atom. The van der Waals surface area contributed by atoms with E-state index < -0.39 is 0 Å². The number of hydrogen-bond acceptors (Lipinski definition) is 4. The van der Waals surface area contributed by atoms with Crippen molar-refractivity contribution in [2.24, 2.45) is 0 Å². The van der Waals surface area contributed by atoms with Crippen LogP contribution in [-0.2, 0) is 5.54 Å². The number of anilines is 2. The van der Waals surface area contributed by atoms with E-state index in [-0.39, 0.29) is 17.5 Å². The van der Waals surface area contributed by atoms with Gasteiger partial charge in [-0.2, -0.15) is 5.10 Å². The van der Waals surface area contributed by atoms with Crippen molar-refractivity contribution in [3.8, 4) is 0 Å². The third-order valence-corrected chi connectivity index (χ3v) is 5.70. The molecule has 2 heterocycles. The van der Waals surface area contributed by atoms with Gasteiger partial charge in [0.05, 0.1) is 23.5 Å². The number of hydrazine groups is 1. The molecule has 1 aliphatic rings. The van der Waals surface area contributed by atoms with Gasteiger partial charge in [-0.1, -0.05) is 48.0 Å². The van der Waals surface area contributed by atoms with Crippen LogP contribution in [0.25, 0.3) is 0 Å². The van der Waals surface area contributed by atoms with E-state index >= 15 is 0 Å². The number of hydrogen-bond donors (Lipinski definition) is 2. The van der Waals surface area contributed by atoms with Crippen LogP contribution in [-0.4, -0.2) is 22.2 Å². The summed E-state index contributed by atoms with van der Waals surface area (Å²) in [4.78, 5) is 13.2. The first-order chi connectivity index (χ1) is 14.4. The fourth-order valence-corrected chi connectivity index (χ4v) is 4.03. The van der Waals surface area contributed by atoms with Crippen LogP contribution in [0, 0.1) is 6.92 Å². The van der Waals surface area contributed by atoms with Gasteiger partial charge in [-0.05, 0) is 51.8 Å². The molecule has 0 saturated heterocycles. The average Bonchev–Trinajstić information content (AvgIpc) is 3.18. The molecule has 0 spiro atoms. The molecule has 1 aromatic heterocycles. The van der Waals surface area contributed by atoms with E-state index in [4.69, 9.17) is 0 Å². The minimum Gasteiger partial charge on any atom is -0.363 e. The molecular weight excluding hydrogens is 374 g/mol. The number of amides is 1. The summed E-state index contributed by atoms with van der Waals surface area (Å²) in [5.41, 5.74) is 6.73. The van der Waals surface area contributed by atoms with Crippen molar-refractivity contribution in [2.45, 2.75) is 45.7 Å². The summed E-state index contributed by atoms with van der Waals surface area (Å²) in [6.45, 7) is 9.04. The lowest BCUT2D eigenvalue weighted by Crippen LogP contribution is -2.43. The van der Waals surface area contributed by atoms with Gasteiger partial charge in [-0.3, -0.25) is 15.2 Å². The molecule has 2 N–H and O–H groups in total. The van der Waals surface area contributed by atoms with Crippen LogP contribution in [0.15, 0.2) is 60.8 Å². The molecule has 0 aliphatic carbocycles. The van der Waals surface area contributed by atoms with Crippen molar-refractivity contribution < 1.29 is 4.79 Å². The zero-order valence-electron chi connectivity index (χ0n) is 18.0. The fourth-order valence-electron chi connectivity index (χ4n) is 4.03. The van der Waals surface area contributed by atoms with E-state index in [2.05, 4.69) is 41.8 Å². The zero-order chi connectivity index (χ0) is 21.3. The van der Waals surface area contributed by atoms with Gasteiger partial charge in [-0.15, -0.1) is 0 Å². The maximum atomic E-state index is 13.2. The third-order valence-electron chi connectivity index (χ3n) is 5.70. The number of aryl methyl sites for hydroxylation is 1. The van der Waals surface area contributed by atoms with Crippen molar-refractivity contribution in [3.63, 3.8) is 0 Å². The lowest BCUT2D eigenvalue weighted by atomic mass is 9.89. The normalized spacial score (nSPS) is 17.0. The number of nitrogens with one attached hydrogen (secondary N) is 2. The Bertz CT molecular complexity index is 1020. The average molecular weight is 404 g/mol. The van der Waals surface area contributed by atoms with Crippen molar-refractivity contribution in [3.05, 3.63) is 77.5 Å². The Morgan fingerprint density at radius 2 is 1.90 bits per heavy atom. The molecule has 0 radical (unpaired) electrons. The maximum absolute atomic E-state index is 13.2. The minimum absolute atomic E-state index is 0.122. The summed E-state index contributed by atoms with van der Waals surface area (Å²) in [7, 11) is 0. The van der Waals surface area contributed by atoms with Gasteiger partial charge in [0.15, 0.2) is 0 Å². The van der Waals surface area contributed by atoms with E-state index in [1.807, 2.05) is 66.0 Å². The molecule has 1 unspecified atom stereocenters. The van der Waals surface area contributed by atoms with Gasteiger partial charge in [0.1, 0.15) is 11.4 Å². The van der Waals surface area contributed by atoms with Gasteiger partial charge in [-0.25, -0.2) is 4.68 Å². The van der Waals surface area contributed by atoms with Gasteiger partial charge in [0.25, 0.3) is 5.91 Å². The molecule has 0 bridgehead atoms. The van der Waals surface area contributed by atoms with Gasteiger partial charge in [0.2, 0.25) is 0 Å². The second-order valence-electron chi connectivity index (χ2n) is 8.46.